The molecule has 0 atom stereocenters. The summed E-state index contributed by atoms with van der Waals surface area (Å²) in [6.07, 6.45) is 1.98. The molecule has 5 heteroatoms. The Morgan fingerprint density at radius 3 is 2.33 bits per heavy atom. The van der Waals surface area contributed by atoms with Gasteiger partial charge in [0.1, 0.15) is 0 Å². The maximum absolute atomic E-state index is 13.3. The van der Waals surface area contributed by atoms with Crippen molar-refractivity contribution < 1.29 is 8.42 Å². The van der Waals surface area contributed by atoms with Crippen LogP contribution >= 0.6 is 15.9 Å². The standard InChI is InChI=1S/C22H18BrNO2S/c1-16-7-10-19(11-8-16)27(25,26)24-14-13-20(17-5-3-2-4-6-17)21-15-18(23)9-12-22(21)24/h2-13,15H,14H2,1H3. The normalized spacial score (nSPS) is 13.9. The maximum Gasteiger partial charge on any atom is 0.264 e. The van der Waals surface area contributed by atoms with Crippen LogP contribution in [0.15, 0.2) is 88.2 Å². The van der Waals surface area contributed by atoms with Crippen LogP contribution in [0.25, 0.3) is 5.57 Å². The topological polar surface area (TPSA) is 37.4 Å². The summed E-state index contributed by atoms with van der Waals surface area (Å²) in [5, 5.41) is 0. The summed E-state index contributed by atoms with van der Waals surface area (Å²) in [5.41, 5.74) is 4.74. The molecule has 3 aromatic carbocycles. The van der Waals surface area contributed by atoms with E-state index in [-0.39, 0.29) is 0 Å². The average Bonchev–Trinajstić information content (AvgIpc) is 2.68. The van der Waals surface area contributed by atoms with Crippen LogP contribution in [0.1, 0.15) is 16.7 Å². The van der Waals surface area contributed by atoms with Crippen LogP contribution in [0.3, 0.4) is 0 Å². The molecule has 0 radical (unpaired) electrons. The fraction of sp³-hybridized carbons (Fsp3) is 0.0909. The smallest absolute Gasteiger partial charge is 0.262 e. The molecule has 1 aliphatic rings. The number of hydrogen-bond acceptors (Lipinski definition) is 2. The van der Waals surface area contributed by atoms with Crippen molar-refractivity contribution in [3.63, 3.8) is 0 Å². The highest BCUT2D eigenvalue weighted by Crippen LogP contribution is 2.39. The Morgan fingerprint density at radius 2 is 1.63 bits per heavy atom. The van der Waals surface area contributed by atoms with Gasteiger partial charge >= 0.3 is 0 Å². The number of rotatable bonds is 3. The number of hydrogen-bond donors (Lipinski definition) is 0. The van der Waals surface area contributed by atoms with Crippen molar-refractivity contribution in [3.8, 4) is 0 Å². The first kappa shape index (κ1) is 18.0. The monoisotopic (exact) mass is 439 g/mol. The van der Waals surface area contributed by atoms with E-state index < -0.39 is 10.0 Å². The third-order valence-corrected chi connectivity index (χ3v) is 6.96. The van der Waals surface area contributed by atoms with Crippen LogP contribution in [0.2, 0.25) is 0 Å². The molecule has 0 spiro atoms. The molecule has 1 aliphatic heterocycles. The summed E-state index contributed by atoms with van der Waals surface area (Å²) >= 11 is 3.52. The van der Waals surface area contributed by atoms with Crippen LogP contribution in [0.4, 0.5) is 5.69 Å². The van der Waals surface area contributed by atoms with Crippen molar-refractivity contribution in [2.75, 3.05) is 10.8 Å². The molecule has 0 aromatic heterocycles. The van der Waals surface area contributed by atoms with Gasteiger partial charge in [0.15, 0.2) is 0 Å². The molecule has 136 valence electrons. The highest BCUT2D eigenvalue weighted by molar-refractivity contribution is 9.10. The first-order chi connectivity index (χ1) is 13.0. The van der Waals surface area contributed by atoms with Gasteiger partial charge in [-0.1, -0.05) is 70.0 Å². The average molecular weight is 440 g/mol. The largest absolute Gasteiger partial charge is 0.264 e. The molecule has 0 saturated carbocycles. The summed E-state index contributed by atoms with van der Waals surface area (Å²) in [4.78, 5) is 0.304. The van der Waals surface area contributed by atoms with E-state index in [4.69, 9.17) is 0 Å². The zero-order valence-electron chi connectivity index (χ0n) is 14.8. The fourth-order valence-electron chi connectivity index (χ4n) is 3.28. The lowest BCUT2D eigenvalue weighted by Gasteiger charge is -2.30. The molecule has 0 N–H and O–H groups in total. The molecule has 0 amide bonds. The second kappa shape index (κ2) is 6.98. The number of fused-ring (bicyclic) bond motifs is 1. The van der Waals surface area contributed by atoms with E-state index in [1.165, 1.54) is 4.31 Å². The number of benzene rings is 3. The summed E-state index contributed by atoms with van der Waals surface area (Å²) in [6, 6.07) is 22.7. The zero-order valence-corrected chi connectivity index (χ0v) is 17.2. The Morgan fingerprint density at radius 1 is 0.926 bits per heavy atom. The first-order valence-electron chi connectivity index (χ1n) is 8.62. The fourth-order valence-corrected chi connectivity index (χ4v) is 5.06. The lowest BCUT2D eigenvalue weighted by Crippen LogP contribution is -2.34. The van der Waals surface area contributed by atoms with Crippen molar-refractivity contribution in [2.24, 2.45) is 0 Å². The predicted octanol–water partition coefficient (Wildman–Crippen LogP) is 5.40. The van der Waals surface area contributed by atoms with E-state index in [2.05, 4.69) is 15.9 Å². The van der Waals surface area contributed by atoms with Crippen LogP contribution < -0.4 is 4.31 Å². The van der Waals surface area contributed by atoms with Crippen molar-refractivity contribution in [1.29, 1.82) is 0 Å². The summed E-state index contributed by atoms with van der Waals surface area (Å²) in [6.45, 7) is 2.24. The van der Waals surface area contributed by atoms with E-state index in [1.807, 2.05) is 73.7 Å². The third kappa shape index (κ3) is 3.33. The van der Waals surface area contributed by atoms with Gasteiger partial charge in [0, 0.05) is 10.0 Å². The molecule has 0 unspecified atom stereocenters. The Kier molecular flexibility index (Phi) is 4.66. The lowest BCUT2D eigenvalue weighted by atomic mass is 9.94. The summed E-state index contributed by atoms with van der Waals surface area (Å²) < 4.78 is 28.9. The van der Waals surface area contributed by atoms with E-state index in [0.29, 0.717) is 17.1 Å². The predicted molar refractivity (Wildman–Crippen MR) is 113 cm³/mol. The molecule has 3 nitrogen and oxygen atoms in total. The van der Waals surface area contributed by atoms with E-state index in [9.17, 15) is 8.42 Å². The molecular formula is C22H18BrNO2S. The van der Waals surface area contributed by atoms with Gasteiger partial charge in [-0.05, 0) is 48.4 Å². The maximum atomic E-state index is 13.3. The molecule has 0 bridgehead atoms. The van der Waals surface area contributed by atoms with E-state index >= 15 is 0 Å². The Balaban J connectivity index is 1.85. The van der Waals surface area contributed by atoms with Crippen LogP contribution in [-0.4, -0.2) is 15.0 Å². The van der Waals surface area contributed by atoms with Crippen LogP contribution in [-0.2, 0) is 10.0 Å². The third-order valence-electron chi connectivity index (χ3n) is 4.67. The number of anilines is 1. The second-order valence-electron chi connectivity index (χ2n) is 6.49. The highest BCUT2D eigenvalue weighted by atomic mass is 79.9. The summed E-state index contributed by atoms with van der Waals surface area (Å²) in [5.74, 6) is 0. The van der Waals surface area contributed by atoms with Crippen molar-refractivity contribution in [1.82, 2.24) is 0 Å². The zero-order chi connectivity index (χ0) is 19.0. The SMILES string of the molecule is Cc1ccc(S(=O)(=O)N2CC=C(c3ccccc3)c3cc(Br)ccc32)cc1. The summed E-state index contributed by atoms with van der Waals surface area (Å²) in [7, 11) is -3.64. The molecule has 0 saturated heterocycles. The Bertz CT molecular complexity index is 1120. The van der Waals surface area contributed by atoms with Crippen molar-refractivity contribution in [2.45, 2.75) is 11.8 Å². The van der Waals surface area contributed by atoms with Crippen molar-refractivity contribution in [3.05, 3.63) is 100 Å². The molecular weight excluding hydrogens is 422 g/mol. The number of nitrogens with zero attached hydrogens (tertiary/aromatic N) is 1. The second-order valence-corrected chi connectivity index (χ2v) is 9.27. The Hall–Kier alpha value is -2.37. The molecule has 0 aliphatic carbocycles. The van der Waals surface area contributed by atoms with Gasteiger partial charge in [-0.3, -0.25) is 4.31 Å². The minimum absolute atomic E-state index is 0.301. The van der Waals surface area contributed by atoms with E-state index in [0.717, 1.165) is 26.7 Å². The lowest BCUT2D eigenvalue weighted by molar-refractivity contribution is 0.592. The molecule has 1 heterocycles. The van der Waals surface area contributed by atoms with Crippen molar-refractivity contribution >= 4 is 37.2 Å². The number of aryl methyl sites for hydroxylation is 1. The highest BCUT2D eigenvalue weighted by Gasteiger charge is 2.30. The van der Waals surface area contributed by atoms with Gasteiger partial charge in [0.25, 0.3) is 10.0 Å². The minimum Gasteiger partial charge on any atom is -0.262 e. The number of halogens is 1. The minimum atomic E-state index is -3.64. The van der Waals surface area contributed by atoms with Crippen LogP contribution in [0, 0.1) is 6.92 Å². The van der Waals surface area contributed by atoms with Gasteiger partial charge in [-0.25, -0.2) is 8.42 Å². The van der Waals surface area contributed by atoms with Gasteiger partial charge in [0.05, 0.1) is 17.1 Å². The quantitative estimate of drug-likeness (QED) is 0.547. The molecule has 27 heavy (non-hydrogen) atoms. The number of sulfonamides is 1. The van der Waals surface area contributed by atoms with Gasteiger partial charge in [0.2, 0.25) is 0 Å². The molecule has 4 rings (SSSR count). The molecule has 3 aromatic rings. The van der Waals surface area contributed by atoms with Gasteiger partial charge in [-0.15, -0.1) is 0 Å². The van der Waals surface area contributed by atoms with Gasteiger partial charge < -0.3 is 0 Å². The Labute approximate surface area is 168 Å². The van der Waals surface area contributed by atoms with Crippen LogP contribution in [0.5, 0.6) is 0 Å². The first-order valence-corrected chi connectivity index (χ1v) is 10.8. The van der Waals surface area contributed by atoms with Gasteiger partial charge in [-0.2, -0.15) is 0 Å². The van der Waals surface area contributed by atoms with E-state index in [1.54, 1.807) is 12.1 Å². The molecule has 0 fully saturated rings.